The zero-order chi connectivity index (χ0) is 17.1. The van der Waals surface area contributed by atoms with Gasteiger partial charge in [-0.2, -0.15) is 10.2 Å². The topological polar surface area (TPSA) is 93.2 Å². The molecule has 0 unspecified atom stereocenters. The van der Waals surface area contributed by atoms with Crippen molar-refractivity contribution >= 4 is 5.97 Å². The van der Waals surface area contributed by atoms with Crippen LogP contribution in [0.15, 0.2) is 42.9 Å². The fourth-order valence-corrected chi connectivity index (χ4v) is 2.52. The van der Waals surface area contributed by atoms with Crippen molar-refractivity contribution in [1.29, 1.82) is 0 Å². The van der Waals surface area contributed by atoms with Crippen LogP contribution < -0.4 is 0 Å². The first-order valence-corrected chi connectivity index (χ1v) is 7.52. The third kappa shape index (κ3) is 3.52. The Morgan fingerprint density at radius 2 is 1.71 bits per heavy atom. The Balaban J connectivity index is 1.71. The van der Waals surface area contributed by atoms with Gasteiger partial charge in [0, 0.05) is 12.4 Å². The van der Waals surface area contributed by atoms with Gasteiger partial charge in [0.05, 0.1) is 25.9 Å². The minimum absolute atomic E-state index is 0.0307. The summed E-state index contributed by atoms with van der Waals surface area (Å²) in [7, 11) is 0. The van der Waals surface area contributed by atoms with Gasteiger partial charge in [-0.05, 0) is 23.6 Å². The number of hydrogen-bond acceptors (Lipinski definition) is 4. The summed E-state index contributed by atoms with van der Waals surface area (Å²) >= 11 is 0. The van der Waals surface area contributed by atoms with Crippen molar-refractivity contribution in [2.45, 2.75) is 26.6 Å². The summed E-state index contributed by atoms with van der Waals surface area (Å²) in [5.41, 5.74) is 3.46. The molecule has 0 radical (unpaired) electrons. The van der Waals surface area contributed by atoms with E-state index in [1.54, 1.807) is 0 Å². The summed E-state index contributed by atoms with van der Waals surface area (Å²) in [5.74, 6) is -1.09. The standard InChI is InChI=1S/C17H18N4O3/c1-12-6-18-20(7-12)8-13-2-4-14(5-3-13)9-21-10-15(17(23)24)16(11-22)19-21/h2-7,10,22H,8-9,11H2,1H3,(H,23,24). The van der Waals surface area contributed by atoms with E-state index in [1.165, 1.54) is 10.9 Å². The molecule has 0 saturated heterocycles. The first-order valence-electron chi connectivity index (χ1n) is 7.52. The summed E-state index contributed by atoms with van der Waals surface area (Å²) in [6.45, 7) is 2.76. The molecular formula is C17H18N4O3. The third-order valence-electron chi connectivity index (χ3n) is 3.69. The third-order valence-corrected chi connectivity index (χ3v) is 3.69. The molecule has 24 heavy (non-hydrogen) atoms. The van der Waals surface area contributed by atoms with Gasteiger partial charge < -0.3 is 10.2 Å². The fourth-order valence-electron chi connectivity index (χ4n) is 2.52. The van der Waals surface area contributed by atoms with Crippen LogP contribution in [0.1, 0.15) is 32.7 Å². The van der Waals surface area contributed by atoms with Crippen molar-refractivity contribution in [3.05, 3.63) is 70.8 Å². The molecule has 7 nitrogen and oxygen atoms in total. The Bertz CT molecular complexity index is 849. The highest BCUT2D eigenvalue weighted by Gasteiger charge is 2.14. The lowest BCUT2D eigenvalue weighted by Gasteiger charge is -2.05. The van der Waals surface area contributed by atoms with E-state index in [-0.39, 0.29) is 11.3 Å². The number of aromatic carboxylic acids is 1. The summed E-state index contributed by atoms with van der Waals surface area (Å²) < 4.78 is 3.41. The number of nitrogens with zero attached hydrogens (tertiary/aromatic N) is 4. The lowest BCUT2D eigenvalue weighted by atomic mass is 10.1. The molecule has 3 rings (SSSR count). The zero-order valence-corrected chi connectivity index (χ0v) is 13.3. The second-order valence-electron chi connectivity index (χ2n) is 5.68. The predicted molar refractivity (Wildman–Crippen MR) is 86.7 cm³/mol. The average Bonchev–Trinajstić information content (AvgIpc) is 3.15. The van der Waals surface area contributed by atoms with Crippen LogP contribution in [-0.2, 0) is 19.7 Å². The molecule has 0 bridgehead atoms. The molecular weight excluding hydrogens is 308 g/mol. The maximum absolute atomic E-state index is 11.1. The predicted octanol–water partition coefficient (Wildman–Crippen LogP) is 1.68. The fraction of sp³-hybridized carbons (Fsp3) is 0.235. The molecule has 124 valence electrons. The van der Waals surface area contributed by atoms with Crippen LogP contribution in [0.25, 0.3) is 0 Å². The van der Waals surface area contributed by atoms with Crippen molar-refractivity contribution in [2.75, 3.05) is 0 Å². The van der Waals surface area contributed by atoms with E-state index in [9.17, 15) is 9.90 Å². The summed E-state index contributed by atoms with van der Waals surface area (Å²) in [6.07, 6.45) is 5.25. The Morgan fingerprint density at radius 1 is 1.08 bits per heavy atom. The van der Waals surface area contributed by atoms with Crippen LogP contribution in [0.2, 0.25) is 0 Å². The van der Waals surface area contributed by atoms with Crippen molar-refractivity contribution in [1.82, 2.24) is 19.6 Å². The number of aliphatic hydroxyl groups excluding tert-OH is 1. The van der Waals surface area contributed by atoms with E-state index >= 15 is 0 Å². The molecule has 0 aliphatic heterocycles. The minimum atomic E-state index is -1.09. The molecule has 0 atom stereocenters. The maximum atomic E-state index is 11.1. The molecule has 0 amide bonds. The second kappa shape index (κ2) is 6.67. The van der Waals surface area contributed by atoms with Crippen molar-refractivity contribution in [3.8, 4) is 0 Å². The van der Waals surface area contributed by atoms with Crippen LogP contribution in [0.5, 0.6) is 0 Å². The van der Waals surface area contributed by atoms with Crippen LogP contribution in [0.3, 0.4) is 0 Å². The number of aromatic nitrogens is 4. The molecule has 0 aliphatic carbocycles. The molecule has 3 aromatic rings. The van der Waals surface area contributed by atoms with Crippen molar-refractivity contribution in [2.24, 2.45) is 0 Å². The van der Waals surface area contributed by atoms with E-state index in [2.05, 4.69) is 10.2 Å². The van der Waals surface area contributed by atoms with Gasteiger partial charge in [0.15, 0.2) is 0 Å². The Labute approximate surface area is 138 Å². The highest BCUT2D eigenvalue weighted by atomic mass is 16.4. The average molecular weight is 326 g/mol. The van der Waals surface area contributed by atoms with E-state index in [0.29, 0.717) is 13.1 Å². The van der Waals surface area contributed by atoms with E-state index in [0.717, 1.165) is 16.7 Å². The Kier molecular flexibility index (Phi) is 4.43. The minimum Gasteiger partial charge on any atom is -0.478 e. The molecule has 7 heteroatoms. The number of aliphatic hydroxyl groups is 1. The van der Waals surface area contributed by atoms with Crippen molar-refractivity contribution in [3.63, 3.8) is 0 Å². The number of hydrogen-bond donors (Lipinski definition) is 2. The summed E-state index contributed by atoms with van der Waals surface area (Å²) in [5, 5.41) is 26.6. The molecule has 2 N–H and O–H groups in total. The number of aryl methyl sites for hydroxylation is 1. The van der Waals surface area contributed by atoms with Crippen LogP contribution in [0, 0.1) is 6.92 Å². The monoisotopic (exact) mass is 326 g/mol. The smallest absolute Gasteiger partial charge is 0.339 e. The number of rotatable bonds is 6. The first-order chi connectivity index (χ1) is 11.5. The van der Waals surface area contributed by atoms with Gasteiger partial charge in [0.1, 0.15) is 11.3 Å². The molecule has 0 spiro atoms. The Morgan fingerprint density at radius 3 is 2.17 bits per heavy atom. The van der Waals surface area contributed by atoms with Gasteiger partial charge in [-0.3, -0.25) is 9.36 Å². The lowest BCUT2D eigenvalue weighted by molar-refractivity contribution is 0.0693. The van der Waals surface area contributed by atoms with Crippen molar-refractivity contribution < 1.29 is 15.0 Å². The summed E-state index contributed by atoms with van der Waals surface area (Å²) in [6, 6.07) is 7.99. The number of carboxylic acids is 1. The van der Waals surface area contributed by atoms with Gasteiger partial charge in [-0.15, -0.1) is 0 Å². The molecule has 2 aromatic heterocycles. The van der Waals surface area contributed by atoms with Gasteiger partial charge in [0.25, 0.3) is 0 Å². The van der Waals surface area contributed by atoms with Gasteiger partial charge in [-0.25, -0.2) is 4.79 Å². The lowest BCUT2D eigenvalue weighted by Crippen LogP contribution is -2.03. The van der Waals surface area contributed by atoms with E-state index in [4.69, 9.17) is 5.11 Å². The highest BCUT2D eigenvalue weighted by Crippen LogP contribution is 2.11. The second-order valence-corrected chi connectivity index (χ2v) is 5.68. The molecule has 1 aromatic carbocycles. The zero-order valence-electron chi connectivity index (χ0n) is 13.3. The highest BCUT2D eigenvalue weighted by molar-refractivity contribution is 5.88. The molecule has 0 saturated carbocycles. The summed E-state index contributed by atoms with van der Waals surface area (Å²) in [4.78, 5) is 11.1. The number of benzene rings is 1. The maximum Gasteiger partial charge on any atom is 0.339 e. The first kappa shape index (κ1) is 15.9. The molecule has 2 heterocycles. The van der Waals surface area contributed by atoms with Gasteiger partial charge >= 0.3 is 5.97 Å². The molecule has 0 fully saturated rings. The Hall–Kier alpha value is -2.93. The van der Waals surface area contributed by atoms with Gasteiger partial charge in [0.2, 0.25) is 0 Å². The van der Waals surface area contributed by atoms with Crippen LogP contribution in [0.4, 0.5) is 0 Å². The van der Waals surface area contributed by atoms with Crippen LogP contribution >= 0.6 is 0 Å². The number of carbonyl (C=O) groups is 1. The normalized spacial score (nSPS) is 10.9. The number of carboxylic acid groups (broad SMARTS) is 1. The quantitative estimate of drug-likeness (QED) is 0.719. The van der Waals surface area contributed by atoms with Gasteiger partial charge in [-0.1, -0.05) is 24.3 Å². The largest absolute Gasteiger partial charge is 0.478 e. The van der Waals surface area contributed by atoms with E-state index in [1.807, 2.05) is 48.3 Å². The van der Waals surface area contributed by atoms with E-state index < -0.39 is 12.6 Å². The van der Waals surface area contributed by atoms with Crippen LogP contribution in [-0.4, -0.2) is 35.7 Å². The molecule has 0 aliphatic rings. The SMILES string of the molecule is Cc1cnn(Cc2ccc(Cn3cc(C(=O)O)c(CO)n3)cc2)c1.